The number of ether oxygens (including phenoxy) is 2. The standard InChI is InChI=1S/C29H35NO5/c31-26-20-27(35-21-22-12-14-24(15-13-22)23-8-4-3-5-9-23)25(10-6-1-2-7-11-28(32)33)29(26)30-16-18-34-19-17-30/h1-5,8-9,12-15,25,27,29H,6-7,10-11,16-21H2,(H,32,33)/t25?,27-,29?/m1/s1. The Morgan fingerprint density at radius 1 is 1.00 bits per heavy atom. The first kappa shape index (κ1) is 25.3. The molecule has 2 fully saturated rings. The summed E-state index contributed by atoms with van der Waals surface area (Å²) in [5.74, 6) is -0.404. The lowest BCUT2D eigenvalue weighted by Gasteiger charge is -2.35. The zero-order chi connectivity index (χ0) is 24.5. The lowest BCUT2D eigenvalue weighted by molar-refractivity contribution is -0.136. The van der Waals surface area contributed by atoms with E-state index in [1.807, 2.05) is 30.4 Å². The summed E-state index contributed by atoms with van der Waals surface area (Å²) in [4.78, 5) is 26.1. The van der Waals surface area contributed by atoms with Gasteiger partial charge in [-0.1, -0.05) is 66.7 Å². The van der Waals surface area contributed by atoms with E-state index < -0.39 is 5.97 Å². The van der Waals surface area contributed by atoms with Gasteiger partial charge in [0.15, 0.2) is 5.78 Å². The molecule has 1 aliphatic carbocycles. The number of carboxylic acid groups (broad SMARTS) is 1. The van der Waals surface area contributed by atoms with Crippen LogP contribution in [-0.4, -0.2) is 60.2 Å². The third-order valence-corrected chi connectivity index (χ3v) is 6.94. The van der Waals surface area contributed by atoms with Crippen LogP contribution in [0, 0.1) is 5.92 Å². The van der Waals surface area contributed by atoms with Gasteiger partial charge in [0.25, 0.3) is 0 Å². The van der Waals surface area contributed by atoms with E-state index in [2.05, 4.69) is 41.3 Å². The summed E-state index contributed by atoms with van der Waals surface area (Å²) in [5, 5.41) is 8.81. The van der Waals surface area contributed by atoms with Crippen LogP contribution in [0.3, 0.4) is 0 Å². The number of carboxylic acids is 1. The molecule has 0 aromatic heterocycles. The number of hydrogen-bond acceptors (Lipinski definition) is 5. The van der Waals surface area contributed by atoms with Gasteiger partial charge in [-0.3, -0.25) is 14.5 Å². The number of hydrogen-bond donors (Lipinski definition) is 1. The molecule has 2 aliphatic rings. The molecule has 1 heterocycles. The lowest BCUT2D eigenvalue weighted by atomic mass is 9.93. The van der Waals surface area contributed by atoms with Crippen molar-refractivity contribution in [3.8, 4) is 11.1 Å². The Morgan fingerprint density at radius 3 is 2.40 bits per heavy atom. The van der Waals surface area contributed by atoms with Crippen molar-refractivity contribution < 1.29 is 24.2 Å². The summed E-state index contributed by atoms with van der Waals surface area (Å²) in [6.45, 7) is 3.34. The molecule has 3 atom stereocenters. The monoisotopic (exact) mass is 477 g/mol. The zero-order valence-electron chi connectivity index (χ0n) is 20.2. The van der Waals surface area contributed by atoms with Gasteiger partial charge < -0.3 is 14.6 Å². The second-order valence-corrected chi connectivity index (χ2v) is 9.32. The predicted octanol–water partition coefficient (Wildman–Crippen LogP) is 4.73. The van der Waals surface area contributed by atoms with Crippen molar-refractivity contribution in [2.24, 2.45) is 5.92 Å². The first-order valence-corrected chi connectivity index (χ1v) is 12.6. The van der Waals surface area contributed by atoms with Gasteiger partial charge in [-0.15, -0.1) is 0 Å². The van der Waals surface area contributed by atoms with Crippen LogP contribution in [0.5, 0.6) is 0 Å². The van der Waals surface area contributed by atoms with E-state index in [0.717, 1.165) is 31.5 Å². The highest BCUT2D eigenvalue weighted by Gasteiger charge is 2.45. The van der Waals surface area contributed by atoms with Crippen LogP contribution in [0.25, 0.3) is 11.1 Å². The number of aliphatic carboxylic acids is 1. The lowest BCUT2D eigenvalue weighted by Crippen LogP contribution is -2.49. The van der Waals surface area contributed by atoms with E-state index in [-0.39, 0.29) is 30.3 Å². The van der Waals surface area contributed by atoms with Crippen LogP contribution < -0.4 is 0 Å². The number of Topliss-reactive ketones (excluding diaryl/α,β-unsaturated/α-hetero) is 1. The molecule has 6 nitrogen and oxygen atoms in total. The maximum absolute atomic E-state index is 13.1. The molecule has 0 amide bonds. The van der Waals surface area contributed by atoms with E-state index in [9.17, 15) is 9.59 Å². The largest absolute Gasteiger partial charge is 0.481 e. The summed E-state index contributed by atoms with van der Waals surface area (Å²) in [6, 6.07) is 18.6. The van der Waals surface area contributed by atoms with Crippen molar-refractivity contribution in [2.45, 2.75) is 50.9 Å². The average Bonchev–Trinajstić information content (AvgIpc) is 3.20. The quantitative estimate of drug-likeness (QED) is 0.472. The molecule has 0 radical (unpaired) electrons. The van der Waals surface area contributed by atoms with Gasteiger partial charge in [-0.2, -0.15) is 0 Å². The maximum Gasteiger partial charge on any atom is 0.303 e. The summed E-state index contributed by atoms with van der Waals surface area (Å²) in [6.07, 6.45) is 6.63. The highest BCUT2D eigenvalue weighted by atomic mass is 16.5. The van der Waals surface area contributed by atoms with Crippen molar-refractivity contribution in [3.63, 3.8) is 0 Å². The van der Waals surface area contributed by atoms with Gasteiger partial charge in [0.05, 0.1) is 32.0 Å². The fraction of sp³-hybridized carbons (Fsp3) is 0.448. The first-order valence-electron chi connectivity index (χ1n) is 12.6. The van der Waals surface area contributed by atoms with Gasteiger partial charge >= 0.3 is 5.97 Å². The number of rotatable bonds is 11. The minimum atomic E-state index is -0.784. The van der Waals surface area contributed by atoms with E-state index in [1.165, 1.54) is 11.1 Å². The van der Waals surface area contributed by atoms with Gasteiger partial charge in [0, 0.05) is 31.8 Å². The minimum absolute atomic E-state index is 0.114. The SMILES string of the molecule is O=C(O)CCC=CCCC1C(N2CCOCC2)C(=O)C[C@H]1OCc1ccc(-c2ccccc2)cc1. The molecule has 1 saturated heterocycles. The van der Waals surface area contributed by atoms with Crippen LogP contribution in [0.1, 0.15) is 37.7 Å². The number of carbonyl (C=O) groups excluding carboxylic acids is 1. The molecule has 2 aromatic rings. The molecule has 0 bridgehead atoms. The highest BCUT2D eigenvalue weighted by molar-refractivity contribution is 5.87. The van der Waals surface area contributed by atoms with Gasteiger partial charge in [-0.25, -0.2) is 0 Å². The first-order chi connectivity index (χ1) is 17.1. The number of carbonyl (C=O) groups is 2. The molecule has 1 aliphatic heterocycles. The van der Waals surface area contributed by atoms with Crippen LogP contribution in [0.15, 0.2) is 66.7 Å². The van der Waals surface area contributed by atoms with Crippen molar-refractivity contribution in [2.75, 3.05) is 26.3 Å². The van der Waals surface area contributed by atoms with Crippen molar-refractivity contribution >= 4 is 11.8 Å². The van der Waals surface area contributed by atoms with Crippen LogP contribution >= 0.6 is 0 Å². The van der Waals surface area contributed by atoms with E-state index in [1.54, 1.807) is 0 Å². The molecule has 0 spiro atoms. The van der Waals surface area contributed by atoms with Gasteiger partial charge in [0.2, 0.25) is 0 Å². The van der Waals surface area contributed by atoms with E-state index in [4.69, 9.17) is 14.6 Å². The van der Waals surface area contributed by atoms with E-state index >= 15 is 0 Å². The van der Waals surface area contributed by atoms with Crippen molar-refractivity contribution in [1.29, 1.82) is 0 Å². The third-order valence-electron chi connectivity index (χ3n) is 6.94. The number of benzene rings is 2. The molecule has 2 unspecified atom stereocenters. The summed E-state index contributed by atoms with van der Waals surface area (Å²) in [7, 11) is 0. The molecular formula is C29H35NO5. The fourth-order valence-corrected chi connectivity index (χ4v) is 5.13. The number of allylic oxidation sites excluding steroid dienone is 2. The second kappa shape index (κ2) is 12.8. The zero-order valence-corrected chi connectivity index (χ0v) is 20.2. The van der Waals surface area contributed by atoms with E-state index in [0.29, 0.717) is 32.7 Å². The Bertz CT molecular complexity index is 982. The topological polar surface area (TPSA) is 76.1 Å². The number of ketones is 1. The fourth-order valence-electron chi connectivity index (χ4n) is 5.13. The molecule has 35 heavy (non-hydrogen) atoms. The van der Waals surface area contributed by atoms with Crippen molar-refractivity contribution in [3.05, 3.63) is 72.3 Å². The number of morpholine rings is 1. The van der Waals surface area contributed by atoms with Gasteiger partial charge in [0.1, 0.15) is 0 Å². The molecule has 1 saturated carbocycles. The molecule has 186 valence electrons. The number of nitrogens with zero attached hydrogens (tertiary/aromatic N) is 1. The average molecular weight is 478 g/mol. The Balaban J connectivity index is 1.38. The predicted molar refractivity (Wildman–Crippen MR) is 135 cm³/mol. The van der Waals surface area contributed by atoms with Gasteiger partial charge in [-0.05, 0) is 36.0 Å². The van der Waals surface area contributed by atoms with Crippen molar-refractivity contribution in [1.82, 2.24) is 4.90 Å². The molecule has 6 heteroatoms. The molecule has 2 aromatic carbocycles. The summed E-state index contributed by atoms with van der Waals surface area (Å²) >= 11 is 0. The Morgan fingerprint density at radius 2 is 1.69 bits per heavy atom. The Kier molecular flexibility index (Phi) is 9.23. The molecule has 4 rings (SSSR count). The Hall–Kier alpha value is -2.80. The summed E-state index contributed by atoms with van der Waals surface area (Å²) in [5.41, 5.74) is 3.45. The highest BCUT2D eigenvalue weighted by Crippen LogP contribution is 2.35. The van der Waals surface area contributed by atoms with Crippen LogP contribution in [0.2, 0.25) is 0 Å². The van der Waals surface area contributed by atoms with Crippen LogP contribution in [0.4, 0.5) is 0 Å². The normalized spacial score (nSPS) is 23.2. The summed E-state index contributed by atoms with van der Waals surface area (Å²) < 4.78 is 11.9. The second-order valence-electron chi connectivity index (χ2n) is 9.32. The third kappa shape index (κ3) is 7.10. The molecular weight excluding hydrogens is 442 g/mol. The molecule has 1 N–H and O–H groups in total. The minimum Gasteiger partial charge on any atom is -0.481 e. The smallest absolute Gasteiger partial charge is 0.303 e. The maximum atomic E-state index is 13.1. The Labute approximate surface area is 207 Å². The van der Waals surface area contributed by atoms with Crippen LogP contribution in [-0.2, 0) is 25.7 Å².